The van der Waals surface area contributed by atoms with Crippen molar-refractivity contribution in [2.45, 2.75) is 71.8 Å². The number of aliphatic hydroxyl groups is 1. The van der Waals surface area contributed by atoms with Crippen LogP contribution in [0.2, 0.25) is 0 Å². The van der Waals surface area contributed by atoms with Crippen LogP contribution < -0.4 is 19.7 Å². The number of anilines is 1. The standard InChI is InChI=1S/C29H40N4O8S2/c1-20-27(15-26-28(31-20)39-13-12-32(26)2)43(37,38)33-10-8-29(9-11-33)16-21(18-41-29)30-17-22(34)19-40-23-4-3-5-25(14-23)42(35,36)24-6-7-24/h3-5,14-15,21-22,24,30,34H,6-13,16-19H2,1-2H3. The highest BCUT2D eigenvalue weighted by atomic mass is 32.2. The van der Waals surface area contributed by atoms with E-state index in [-0.39, 0.29) is 34.2 Å². The molecule has 1 spiro atoms. The Labute approximate surface area is 253 Å². The molecular formula is C29H40N4O8S2. The maximum Gasteiger partial charge on any atom is 0.244 e. The number of hydrogen-bond acceptors (Lipinski definition) is 11. The van der Waals surface area contributed by atoms with Gasteiger partial charge in [0.1, 0.15) is 35.7 Å². The van der Waals surface area contributed by atoms with Crippen LogP contribution in [0.5, 0.6) is 11.6 Å². The van der Waals surface area contributed by atoms with Crippen molar-refractivity contribution in [1.29, 1.82) is 0 Å². The number of fused-ring (bicyclic) bond motifs is 1. The Bertz CT molecular complexity index is 1560. The summed E-state index contributed by atoms with van der Waals surface area (Å²) in [6.07, 6.45) is 2.47. The van der Waals surface area contributed by atoms with Gasteiger partial charge in [0.2, 0.25) is 15.9 Å². The number of sulfonamides is 1. The molecule has 43 heavy (non-hydrogen) atoms. The fourth-order valence-electron chi connectivity index (χ4n) is 6.06. The zero-order valence-electron chi connectivity index (χ0n) is 24.6. The highest BCUT2D eigenvalue weighted by Crippen LogP contribution is 2.39. The highest BCUT2D eigenvalue weighted by Gasteiger charge is 2.45. The monoisotopic (exact) mass is 636 g/mol. The van der Waals surface area contributed by atoms with E-state index in [1.54, 1.807) is 31.2 Å². The second-order valence-corrected chi connectivity index (χ2v) is 16.2. The SMILES string of the molecule is Cc1nc2c(cc1S(=O)(=O)N1CCC3(CC1)CC(NCC(O)COc1cccc(S(=O)(=O)C4CC4)c1)CO3)N(C)CCO2. The van der Waals surface area contributed by atoms with Gasteiger partial charge in [-0.15, -0.1) is 0 Å². The number of aryl methyl sites for hydroxylation is 1. The van der Waals surface area contributed by atoms with Crippen LogP contribution in [0.1, 0.15) is 37.8 Å². The van der Waals surface area contributed by atoms with Gasteiger partial charge >= 0.3 is 0 Å². The van der Waals surface area contributed by atoms with Gasteiger partial charge < -0.3 is 29.5 Å². The van der Waals surface area contributed by atoms with Crippen LogP contribution in [0.15, 0.2) is 40.1 Å². The molecule has 6 rings (SSSR count). The summed E-state index contributed by atoms with van der Waals surface area (Å²) >= 11 is 0. The lowest BCUT2D eigenvalue weighted by atomic mass is 9.88. The topological polar surface area (TPSA) is 148 Å². The van der Waals surface area contributed by atoms with Gasteiger partial charge in [0, 0.05) is 32.7 Å². The molecule has 1 aromatic carbocycles. The molecule has 1 saturated carbocycles. The van der Waals surface area contributed by atoms with Crippen LogP contribution in [0.3, 0.4) is 0 Å². The zero-order chi connectivity index (χ0) is 30.4. The van der Waals surface area contributed by atoms with E-state index in [2.05, 4.69) is 10.3 Å². The van der Waals surface area contributed by atoms with E-state index in [1.807, 2.05) is 11.9 Å². The van der Waals surface area contributed by atoms with Crippen LogP contribution in [0.25, 0.3) is 0 Å². The Morgan fingerprint density at radius 1 is 1.16 bits per heavy atom. The lowest BCUT2D eigenvalue weighted by Gasteiger charge is -2.38. The maximum absolute atomic E-state index is 13.6. The summed E-state index contributed by atoms with van der Waals surface area (Å²) < 4.78 is 71.3. The summed E-state index contributed by atoms with van der Waals surface area (Å²) in [5.41, 5.74) is 0.698. The fraction of sp³-hybridized carbons (Fsp3) is 0.621. The lowest BCUT2D eigenvalue weighted by Crippen LogP contribution is -2.47. The van der Waals surface area contributed by atoms with Crippen molar-refractivity contribution in [1.82, 2.24) is 14.6 Å². The Hall–Kier alpha value is -2.49. The van der Waals surface area contributed by atoms with Crippen molar-refractivity contribution in [2.75, 3.05) is 57.9 Å². The van der Waals surface area contributed by atoms with Crippen molar-refractivity contribution in [3.05, 3.63) is 36.0 Å². The average Bonchev–Trinajstić information content (AvgIpc) is 3.78. The molecule has 0 radical (unpaired) electrons. The van der Waals surface area contributed by atoms with Crippen molar-refractivity contribution in [3.63, 3.8) is 0 Å². The van der Waals surface area contributed by atoms with E-state index in [0.29, 0.717) is 81.5 Å². The third kappa shape index (κ3) is 6.36. The van der Waals surface area contributed by atoms with E-state index >= 15 is 0 Å². The minimum atomic E-state index is -3.74. The molecule has 236 valence electrons. The average molecular weight is 637 g/mol. The van der Waals surface area contributed by atoms with Crippen LogP contribution in [0.4, 0.5) is 5.69 Å². The third-order valence-electron chi connectivity index (χ3n) is 8.83. The molecule has 2 saturated heterocycles. The van der Waals surface area contributed by atoms with Gasteiger partial charge in [-0.05, 0) is 63.3 Å². The quantitative estimate of drug-likeness (QED) is 0.391. The molecule has 4 aliphatic rings. The summed E-state index contributed by atoms with van der Waals surface area (Å²) in [4.78, 5) is 6.85. The number of likely N-dealkylation sites (N-methyl/N-ethyl adjacent to an activating group) is 1. The number of ether oxygens (including phenoxy) is 3. The zero-order valence-corrected chi connectivity index (χ0v) is 26.2. The summed E-state index contributed by atoms with van der Waals surface area (Å²) in [7, 11) is -5.15. The molecule has 14 heteroatoms. The number of aromatic nitrogens is 1. The molecule has 1 aliphatic carbocycles. The van der Waals surface area contributed by atoms with Crippen molar-refractivity contribution in [3.8, 4) is 11.6 Å². The van der Waals surface area contributed by atoms with Crippen molar-refractivity contribution >= 4 is 25.5 Å². The molecule has 4 heterocycles. The largest absolute Gasteiger partial charge is 0.491 e. The fourth-order valence-corrected chi connectivity index (χ4v) is 9.37. The number of pyridine rings is 1. The van der Waals surface area contributed by atoms with Gasteiger partial charge in [-0.3, -0.25) is 0 Å². The van der Waals surface area contributed by atoms with Gasteiger partial charge in [0.25, 0.3) is 0 Å². The number of rotatable bonds is 10. The Morgan fingerprint density at radius 2 is 1.93 bits per heavy atom. The number of nitrogens with zero attached hydrogens (tertiary/aromatic N) is 3. The van der Waals surface area contributed by atoms with Crippen LogP contribution >= 0.6 is 0 Å². The van der Waals surface area contributed by atoms with Gasteiger partial charge in [-0.25, -0.2) is 21.8 Å². The van der Waals surface area contributed by atoms with Crippen molar-refractivity contribution in [2.24, 2.45) is 0 Å². The molecule has 0 amide bonds. The minimum Gasteiger partial charge on any atom is -0.491 e. The summed E-state index contributed by atoms with van der Waals surface area (Å²) in [6, 6.07) is 8.13. The molecule has 12 nitrogen and oxygen atoms in total. The number of nitrogens with one attached hydrogen (secondary N) is 1. The number of hydrogen-bond donors (Lipinski definition) is 2. The Morgan fingerprint density at radius 3 is 2.67 bits per heavy atom. The smallest absolute Gasteiger partial charge is 0.244 e. The maximum atomic E-state index is 13.6. The third-order valence-corrected chi connectivity index (χ3v) is 13.1. The Kier molecular flexibility index (Phi) is 8.37. The van der Waals surface area contributed by atoms with Crippen LogP contribution in [0, 0.1) is 6.92 Å². The number of benzene rings is 1. The molecule has 3 fully saturated rings. The van der Waals surface area contributed by atoms with E-state index in [9.17, 15) is 21.9 Å². The van der Waals surface area contributed by atoms with Gasteiger partial charge in [0.05, 0.1) is 34.6 Å². The number of aliphatic hydroxyl groups excluding tert-OH is 1. The first-order valence-electron chi connectivity index (χ1n) is 14.8. The Balaban J connectivity index is 0.983. The summed E-state index contributed by atoms with van der Waals surface area (Å²) in [6.45, 7) is 4.36. The van der Waals surface area contributed by atoms with Crippen LogP contribution in [-0.4, -0.2) is 107 Å². The first kappa shape index (κ1) is 30.5. The predicted molar refractivity (Wildman–Crippen MR) is 159 cm³/mol. The predicted octanol–water partition coefficient (Wildman–Crippen LogP) is 1.50. The van der Waals surface area contributed by atoms with E-state index < -0.39 is 31.6 Å². The summed E-state index contributed by atoms with van der Waals surface area (Å²) in [5.74, 6) is 0.873. The van der Waals surface area contributed by atoms with E-state index in [0.717, 1.165) is 6.42 Å². The first-order chi connectivity index (χ1) is 20.5. The number of piperidine rings is 1. The molecule has 2 atom stereocenters. The minimum absolute atomic E-state index is 0.0182. The van der Waals surface area contributed by atoms with Crippen molar-refractivity contribution < 1.29 is 36.2 Å². The second-order valence-electron chi connectivity index (χ2n) is 12.1. The highest BCUT2D eigenvalue weighted by molar-refractivity contribution is 7.92. The molecule has 2 N–H and O–H groups in total. The normalized spacial score (nSPS) is 23.1. The molecule has 2 aromatic rings. The van der Waals surface area contributed by atoms with Gasteiger partial charge in [-0.2, -0.15) is 4.31 Å². The molecule has 2 unspecified atom stereocenters. The number of sulfone groups is 1. The first-order valence-corrected chi connectivity index (χ1v) is 17.8. The molecule has 3 aliphatic heterocycles. The molecular weight excluding hydrogens is 596 g/mol. The molecule has 0 bridgehead atoms. The van der Waals surface area contributed by atoms with Gasteiger partial charge in [-0.1, -0.05) is 6.07 Å². The van der Waals surface area contributed by atoms with Gasteiger partial charge in [0.15, 0.2) is 9.84 Å². The van der Waals surface area contributed by atoms with Crippen LogP contribution in [-0.2, 0) is 24.6 Å². The summed E-state index contributed by atoms with van der Waals surface area (Å²) in [5, 5.41) is 13.6. The van der Waals surface area contributed by atoms with E-state index in [4.69, 9.17) is 14.2 Å². The van der Waals surface area contributed by atoms with E-state index in [1.165, 1.54) is 10.4 Å². The molecule has 1 aromatic heterocycles. The second kappa shape index (κ2) is 11.8. The lowest BCUT2D eigenvalue weighted by molar-refractivity contribution is -0.0312.